The predicted octanol–water partition coefficient (Wildman–Crippen LogP) is 0.864. The van der Waals surface area contributed by atoms with Gasteiger partial charge in [0.1, 0.15) is 0 Å². The van der Waals surface area contributed by atoms with Crippen LogP contribution >= 0.6 is 0 Å². The van der Waals surface area contributed by atoms with Crippen LogP contribution in [0.3, 0.4) is 0 Å². The lowest BCUT2D eigenvalue weighted by molar-refractivity contribution is -0.277. The van der Waals surface area contributed by atoms with Crippen LogP contribution in [0.2, 0.25) is 0 Å². The van der Waals surface area contributed by atoms with Crippen molar-refractivity contribution in [1.29, 1.82) is 0 Å². The van der Waals surface area contributed by atoms with Gasteiger partial charge in [-0.05, 0) is 0 Å². The van der Waals surface area contributed by atoms with Crippen LogP contribution in [0.25, 0.3) is 0 Å². The average molecular weight is 308 g/mol. The molecule has 1 saturated heterocycles. The number of carbonyl (C=O) groups excluding carboxylic acids is 1. The van der Waals surface area contributed by atoms with Gasteiger partial charge in [0, 0.05) is 32.7 Å². The van der Waals surface area contributed by atoms with E-state index in [9.17, 15) is 31.1 Å². The second-order valence-electron chi connectivity index (χ2n) is 4.41. The molecular weight excluding hydrogens is 294 g/mol. The molecule has 0 bridgehead atoms. The molecule has 4 nitrogen and oxygen atoms in total. The van der Waals surface area contributed by atoms with E-state index >= 15 is 0 Å². The number of amides is 1. The topological polar surface area (TPSA) is 43.8 Å². The van der Waals surface area contributed by atoms with Crippen molar-refractivity contribution >= 4 is 5.91 Å². The van der Waals surface area contributed by atoms with Crippen molar-refractivity contribution in [3.8, 4) is 0 Å². The number of β-amino-alcohol motifs (C(OH)–C–C–N with tert-alkyl or cyclic N) is 1. The number of hydrogen-bond donors (Lipinski definition) is 1. The standard InChI is InChI=1S/C10H14F6N2O2/c11-9(12,13)7(10(14,15)16)8(20)18-3-1-17(2-4-18)5-6-19/h7,19H,1-6H2. The van der Waals surface area contributed by atoms with Gasteiger partial charge in [-0.25, -0.2) is 0 Å². The lowest BCUT2D eigenvalue weighted by atomic mass is 10.1. The third-order valence-electron chi connectivity index (χ3n) is 3.00. The number of halogens is 6. The van der Waals surface area contributed by atoms with Crippen LogP contribution in [0.15, 0.2) is 0 Å². The Kier molecular flexibility index (Phi) is 5.25. The number of piperazine rings is 1. The summed E-state index contributed by atoms with van der Waals surface area (Å²) < 4.78 is 74.4. The Labute approximate surface area is 110 Å². The highest BCUT2D eigenvalue weighted by Crippen LogP contribution is 2.40. The summed E-state index contributed by atoms with van der Waals surface area (Å²) in [6, 6.07) is 0. The molecule has 20 heavy (non-hydrogen) atoms. The number of aliphatic hydroxyl groups is 1. The number of alkyl halides is 6. The third kappa shape index (κ3) is 4.23. The fourth-order valence-electron chi connectivity index (χ4n) is 1.98. The second kappa shape index (κ2) is 6.17. The Morgan fingerprint density at radius 2 is 1.45 bits per heavy atom. The molecule has 1 fully saturated rings. The van der Waals surface area contributed by atoms with E-state index in [0.29, 0.717) is 4.90 Å². The Morgan fingerprint density at radius 1 is 1.00 bits per heavy atom. The molecule has 1 rings (SSSR count). The SMILES string of the molecule is O=C(C(C(F)(F)F)C(F)(F)F)N1CCN(CCO)CC1. The van der Waals surface area contributed by atoms with Gasteiger partial charge in [0.25, 0.3) is 0 Å². The van der Waals surface area contributed by atoms with Gasteiger partial charge in [-0.2, -0.15) is 26.3 Å². The molecule has 10 heteroatoms. The van der Waals surface area contributed by atoms with E-state index < -0.39 is 24.2 Å². The first kappa shape index (κ1) is 17.0. The first-order valence-corrected chi connectivity index (χ1v) is 5.83. The lowest BCUT2D eigenvalue weighted by Gasteiger charge is -2.36. The fraction of sp³-hybridized carbons (Fsp3) is 0.900. The smallest absolute Gasteiger partial charge is 0.395 e. The molecule has 118 valence electrons. The molecule has 0 spiro atoms. The van der Waals surface area contributed by atoms with E-state index in [4.69, 9.17) is 5.11 Å². The van der Waals surface area contributed by atoms with Crippen molar-refractivity contribution in [2.45, 2.75) is 12.4 Å². The third-order valence-corrected chi connectivity index (χ3v) is 3.00. The molecule has 0 aliphatic carbocycles. The molecule has 1 amide bonds. The Hall–Kier alpha value is -1.03. The van der Waals surface area contributed by atoms with Gasteiger partial charge in [0.05, 0.1) is 6.61 Å². The number of nitrogens with zero attached hydrogens (tertiary/aromatic N) is 2. The van der Waals surface area contributed by atoms with E-state index in [1.807, 2.05) is 0 Å². The first-order valence-electron chi connectivity index (χ1n) is 5.83. The highest BCUT2D eigenvalue weighted by Gasteiger charge is 2.62. The van der Waals surface area contributed by atoms with Crippen molar-refractivity contribution in [3.05, 3.63) is 0 Å². The minimum Gasteiger partial charge on any atom is -0.395 e. The molecular formula is C10H14F6N2O2. The molecule has 1 aliphatic rings. The van der Waals surface area contributed by atoms with Crippen LogP contribution in [0.1, 0.15) is 0 Å². The van der Waals surface area contributed by atoms with Crippen molar-refractivity contribution in [2.75, 3.05) is 39.3 Å². The lowest BCUT2D eigenvalue weighted by Crippen LogP contribution is -2.55. The van der Waals surface area contributed by atoms with E-state index in [1.54, 1.807) is 4.90 Å². The predicted molar refractivity (Wildman–Crippen MR) is 55.7 cm³/mol. The van der Waals surface area contributed by atoms with E-state index in [2.05, 4.69) is 0 Å². The maximum absolute atomic E-state index is 12.4. The number of rotatable bonds is 3. The van der Waals surface area contributed by atoms with E-state index in [1.165, 1.54) is 0 Å². The van der Waals surface area contributed by atoms with Gasteiger partial charge in [-0.1, -0.05) is 0 Å². The molecule has 0 radical (unpaired) electrons. The monoisotopic (exact) mass is 308 g/mol. The molecule has 0 unspecified atom stereocenters. The van der Waals surface area contributed by atoms with Crippen LogP contribution in [-0.4, -0.2) is 72.5 Å². The molecule has 0 aromatic carbocycles. The van der Waals surface area contributed by atoms with Gasteiger partial charge >= 0.3 is 12.4 Å². The van der Waals surface area contributed by atoms with Gasteiger partial charge in [-0.15, -0.1) is 0 Å². The summed E-state index contributed by atoms with van der Waals surface area (Å²) >= 11 is 0. The summed E-state index contributed by atoms with van der Waals surface area (Å²) in [6.45, 7) is -0.0713. The van der Waals surface area contributed by atoms with Crippen LogP contribution in [-0.2, 0) is 4.79 Å². The number of carbonyl (C=O) groups is 1. The Morgan fingerprint density at radius 3 is 1.80 bits per heavy atom. The molecule has 0 saturated carbocycles. The number of hydrogen-bond acceptors (Lipinski definition) is 3. The summed E-state index contributed by atoms with van der Waals surface area (Å²) in [5.41, 5.74) is 0. The Balaban J connectivity index is 2.73. The summed E-state index contributed by atoms with van der Waals surface area (Å²) in [4.78, 5) is 13.7. The first-order chi connectivity index (χ1) is 9.07. The van der Waals surface area contributed by atoms with Crippen LogP contribution in [0.4, 0.5) is 26.3 Å². The summed E-state index contributed by atoms with van der Waals surface area (Å²) in [5, 5.41) is 8.68. The summed E-state index contributed by atoms with van der Waals surface area (Å²) in [7, 11) is 0. The quantitative estimate of drug-likeness (QED) is 0.787. The van der Waals surface area contributed by atoms with Gasteiger partial charge in [0.2, 0.25) is 11.8 Å². The molecule has 1 heterocycles. The summed E-state index contributed by atoms with van der Waals surface area (Å²) in [5.74, 6) is -5.94. The molecule has 1 aliphatic heterocycles. The van der Waals surface area contributed by atoms with Gasteiger partial charge in [0.15, 0.2) is 0 Å². The van der Waals surface area contributed by atoms with Crippen molar-refractivity contribution < 1.29 is 36.2 Å². The van der Waals surface area contributed by atoms with Crippen molar-refractivity contribution in [2.24, 2.45) is 5.92 Å². The van der Waals surface area contributed by atoms with Gasteiger partial charge < -0.3 is 10.0 Å². The minimum absolute atomic E-state index is 0.134. The molecule has 1 N–H and O–H groups in total. The fourth-order valence-corrected chi connectivity index (χ4v) is 1.98. The molecule has 0 atom stereocenters. The van der Waals surface area contributed by atoms with E-state index in [-0.39, 0.29) is 39.3 Å². The maximum Gasteiger partial charge on any atom is 0.409 e. The zero-order valence-electron chi connectivity index (χ0n) is 10.3. The van der Waals surface area contributed by atoms with E-state index in [0.717, 1.165) is 0 Å². The largest absolute Gasteiger partial charge is 0.409 e. The zero-order chi connectivity index (χ0) is 15.6. The maximum atomic E-state index is 12.4. The number of aliphatic hydroxyl groups excluding tert-OH is 1. The van der Waals surface area contributed by atoms with Crippen LogP contribution < -0.4 is 0 Å². The molecule has 0 aromatic heterocycles. The second-order valence-corrected chi connectivity index (χ2v) is 4.41. The normalized spacial score (nSPS) is 18.7. The Bertz CT molecular complexity index is 322. The van der Waals surface area contributed by atoms with Crippen LogP contribution in [0.5, 0.6) is 0 Å². The molecule has 0 aromatic rings. The van der Waals surface area contributed by atoms with Crippen molar-refractivity contribution in [1.82, 2.24) is 9.80 Å². The highest BCUT2D eigenvalue weighted by atomic mass is 19.4. The van der Waals surface area contributed by atoms with Crippen LogP contribution in [0, 0.1) is 5.92 Å². The zero-order valence-corrected chi connectivity index (χ0v) is 10.3. The minimum atomic E-state index is -5.66. The van der Waals surface area contributed by atoms with Gasteiger partial charge in [-0.3, -0.25) is 9.69 Å². The summed E-state index contributed by atoms with van der Waals surface area (Å²) in [6.07, 6.45) is -11.3. The van der Waals surface area contributed by atoms with Crippen molar-refractivity contribution in [3.63, 3.8) is 0 Å². The highest BCUT2D eigenvalue weighted by molar-refractivity contribution is 5.80. The average Bonchev–Trinajstić information content (AvgIpc) is 2.26.